The molecule has 0 atom stereocenters. The summed E-state index contributed by atoms with van der Waals surface area (Å²) in [5, 5.41) is 14.4. The summed E-state index contributed by atoms with van der Waals surface area (Å²) < 4.78 is 32.8. The first-order valence-corrected chi connectivity index (χ1v) is 12.4. The fraction of sp³-hybridized carbons (Fsp3) is 0.348. The Morgan fingerprint density at radius 2 is 2.03 bits per heavy atom. The van der Waals surface area contributed by atoms with Gasteiger partial charge in [0, 0.05) is 18.8 Å². The molecule has 0 aliphatic carbocycles. The minimum atomic E-state index is -3.64. The molecule has 2 aromatic heterocycles. The highest BCUT2D eigenvalue weighted by Crippen LogP contribution is 2.56. The van der Waals surface area contributed by atoms with Crippen LogP contribution in [0.2, 0.25) is 0 Å². The van der Waals surface area contributed by atoms with Crippen molar-refractivity contribution in [3.8, 4) is 11.5 Å². The van der Waals surface area contributed by atoms with E-state index < -0.39 is 16.3 Å². The summed E-state index contributed by atoms with van der Waals surface area (Å²) in [6, 6.07) is 8.20. The van der Waals surface area contributed by atoms with Gasteiger partial charge < -0.3 is 15.2 Å². The molecule has 0 saturated heterocycles. The molecular weight excluding hydrogens is 444 g/mol. The van der Waals surface area contributed by atoms with Gasteiger partial charge in [-0.3, -0.25) is 18.5 Å². The van der Waals surface area contributed by atoms with E-state index in [1.165, 1.54) is 10.6 Å². The number of anilines is 1. The van der Waals surface area contributed by atoms with Crippen LogP contribution in [0.1, 0.15) is 39.2 Å². The van der Waals surface area contributed by atoms with Crippen molar-refractivity contribution in [1.29, 1.82) is 0 Å². The van der Waals surface area contributed by atoms with Gasteiger partial charge in [-0.05, 0) is 43.0 Å². The molecule has 33 heavy (non-hydrogen) atoms. The number of pyridine rings is 2. The Labute approximate surface area is 193 Å². The monoisotopic (exact) mass is 472 g/mol. The number of benzene rings is 1. The highest BCUT2D eigenvalue weighted by Gasteiger charge is 2.31. The van der Waals surface area contributed by atoms with Gasteiger partial charge in [0.1, 0.15) is 27.6 Å². The Balaban J connectivity index is 1.85. The molecule has 0 radical (unpaired) electrons. The second-order valence-corrected chi connectivity index (χ2v) is 9.99. The Kier molecular flexibility index (Phi) is 6.33. The fourth-order valence-electron chi connectivity index (χ4n) is 3.65. The van der Waals surface area contributed by atoms with Gasteiger partial charge in [0.05, 0.1) is 17.7 Å². The number of aromatic nitrogens is 2. The van der Waals surface area contributed by atoms with Gasteiger partial charge in [-0.15, -0.1) is 4.40 Å². The van der Waals surface area contributed by atoms with Crippen LogP contribution in [0.15, 0.2) is 50.6 Å². The third-order valence-corrected chi connectivity index (χ3v) is 6.72. The zero-order valence-corrected chi connectivity index (χ0v) is 19.6. The van der Waals surface area contributed by atoms with Gasteiger partial charge in [0.15, 0.2) is 5.84 Å². The van der Waals surface area contributed by atoms with E-state index in [-0.39, 0.29) is 22.0 Å². The smallest absolute Gasteiger partial charge is 0.267 e. The maximum atomic E-state index is 13.5. The van der Waals surface area contributed by atoms with Crippen LogP contribution in [-0.2, 0) is 6.54 Å². The van der Waals surface area contributed by atoms with Gasteiger partial charge >= 0.3 is 0 Å². The number of fused-ring (bicyclic) bond motifs is 2. The van der Waals surface area contributed by atoms with E-state index in [0.29, 0.717) is 41.5 Å². The molecule has 1 aromatic carbocycles. The maximum absolute atomic E-state index is 13.5. The van der Waals surface area contributed by atoms with Crippen LogP contribution in [0, 0.1) is 5.92 Å². The number of hydrogen-bond donors (Lipinski definition) is 4. The van der Waals surface area contributed by atoms with Gasteiger partial charge in [-0.2, -0.15) is 0 Å². The molecule has 176 valence electrons. The van der Waals surface area contributed by atoms with Crippen molar-refractivity contribution in [3.63, 3.8) is 0 Å². The largest absolute Gasteiger partial charge is 0.506 e. The molecule has 4 rings (SSSR count). The molecule has 1 aliphatic heterocycles. The highest BCUT2D eigenvalue weighted by molar-refractivity contribution is 8.23. The van der Waals surface area contributed by atoms with Crippen molar-refractivity contribution >= 4 is 33.3 Å². The SMILES string of the molecule is CCCOc1ccc2c(c1)S(O)(O)N=C(c1c(O)c3cccnc3n(CCC(C)C)c1=O)N2. The number of amidine groups is 1. The number of ether oxygens (including phenoxy) is 1. The normalized spacial score (nSPS) is 15.6. The van der Waals surface area contributed by atoms with Crippen molar-refractivity contribution < 1.29 is 18.9 Å². The average molecular weight is 473 g/mol. The zero-order chi connectivity index (χ0) is 23.8. The summed E-state index contributed by atoms with van der Waals surface area (Å²) in [4.78, 5) is 17.9. The highest BCUT2D eigenvalue weighted by atomic mass is 32.3. The minimum Gasteiger partial charge on any atom is -0.506 e. The summed E-state index contributed by atoms with van der Waals surface area (Å²) in [6.45, 7) is 6.98. The minimum absolute atomic E-state index is 0.101. The molecule has 0 spiro atoms. The topological polar surface area (TPSA) is 129 Å². The van der Waals surface area contributed by atoms with Crippen molar-refractivity contribution in [1.82, 2.24) is 9.55 Å². The number of nitrogens with one attached hydrogen (secondary N) is 1. The van der Waals surface area contributed by atoms with E-state index in [2.05, 4.69) is 28.5 Å². The maximum Gasteiger partial charge on any atom is 0.267 e. The molecular formula is C23H28N4O5S. The van der Waals surface area contributed by atoms with Gasteiger partial charge in [0.25, 0.3) is 5.56 Å². The average Bonchev–Trinajstić information content (AvgIpc) is 2.77. The molecule has 0 fully saturated rings. The lowest BCUT2D eigenvalue weighted by molar-refractivity contribution is 0.316. The molecule has 4 N–H and O–H groups in total. The number of aryl methyl sites for hydroxylation is 1. The third kappa shape index (κ3) is 4.41. The summed E-state index contributed by atoms with van der Waals surface area (Å²) in [6.07, 6.45) is 3.11. The second kappa shape index (κ2) is 9.05. The van der Waals surface area contributed by atoms with Crippen LogP contribution in [0.3, 0.4) is 0 Å². The zero-order valence-electron chi connectivity index (χ0n) is 18.8. The molecule has 1 aliphatic rings. The van der Waals surface area contributed by atoms with Crippen LogP contribution in [0.5, 0.6) is 11.5 Å². The lowest BCUT2D eigenvalue weighted by Crippen LogP contribution is -2.32. The third-order valence-electron chi connectivity index (χ3n) is 5.35. The van der Waals surface area contributed by atoms with E-state index in [9.17, 15) is 19.0 Å². The van der Waals surface area contributed by atoms with E-state index >= 15 is 0 Å². The summed E-state index contributed by atoms with van der Waals surface area (Å²) in [5.41, 5.74) is 0.108. The molecule has 10 heteroatoms. The number of hydrogen-bond acceptors (Lipinski definition) is 8. The van der Waals surface area contributed by atoms with Crippen LogP contribution in [0.25, 0.3) is 11.0 Å². The lowest BCUT2D eigenvalue weighted by atomic mass is 10.1. The van der Waals surface area contributed by atoms with Gasteiger partial charge in [0.2, 0.25) is 0 Å². The molecule has 0 unspecified atom stereocenters. The summed E-state index contributed by atoms with van der Waals surface area (Å²) >= 11 is 0. The Morgan fingerprint density at radius 1 is 1.24 bits per heavy atom. The van der Waals surface area contributed by atoms with E-state index in [0.717, 1.165) is 12.8 Å². The standard InChI is InChI=1S/C23H28N4O5S/c1-4-12-32-15-7-8-17-18(13-15)33(30,31)26-21(25-17)19-20(28)16-6-5-10-24-22(16)27(23(19)29)11-9-14(2)3/h5-8,10,13-14,28,30-31H,4,9,11-12H2,1-3H3,(H,25,26). The Bertz CT molecular complexity index is 1290. The molecule has 0 saturated carbocycles. The lowest BCUT2D eigenvalue weighted by Gasteiger charge is -2.34. The first kappa shape index (κ1) is 23.1. The number of nitrogens with zero attached hydrogens (tertiary/aromatic N) is 3. The van der Waals surface area contributed by atoms with Gasteiger partial charge in [-0.1, -0.05) is 31.5 Å². The van der Waals surface area contributed by atoms with Gasteiger partial charge in [-0.25, -0.2) is 4.98 Å². The molecule has 0 amide bonds. The fourth-order valence-corrected chi connectivity index (χ4v) is 4.83. The van der Waals surface area contributed by atoms with Crippen LogP contribution in [-0.4, -0.2) is 36.2 Å². The van der Waals surface area contributed by atoms with Crippen LogP contribution in [0.4, 0.5) is 5.69 Å². The number of aromatic hydroxyl groups is 1. The molecule has 0 bridgehead atoms. The molecule has 9 nitrogen and oxygen atoms in total. The first-order valence-electron chi connectivity index (χ1n) is 10.9. The quantitative estimate of drug-likeness (QED) is 0.387. The van der Waals surface area contributed by atoms with Crippen molar-refractivity contribution in [2.24, 2.45) is 10.3 Å². The summed E-state index contributed by atoms with van der Waals surface area (Å²) in [5.74, 6) is 0.431. The van der Waals surface area contributed by atoms with E-state index in [4.69, 9.17) is 4.74 Å². The van der Waals surface area contributed by atoms with Crippen LogP contribution >= 0.6 is 10.8 Å². The number of rotatable bonds is 7. The Hall–Kier alpha value is -3.08. The first-order chi connectivity index (χ1) is 15.7. The second-order valence-electron chi connectivity index (χ2n) is 8.33. The summed E-state index contributed by atoms with van der Waals surface area (Å²) in [7, 11) is -3.64. The van der Waals surface area contributed by atoms with E-state index in [1.807, 2.05) is 6.92 Å². The van der Waals surface area contributed by atoms with Crippen molar-refractivity contribution in [3.05, 3.63) is 52.4 Å². The van der Waals surface area contributed by atoms with Crippen LogP contribution < -0.4 is 15.6 Å². The van der Waals surface area contributed by atoms with E-state index in [1.54, 1.807) is 30.5 Å². The molecule has 3 aromatic rings. The van der Waals surface area contributed by atoms with Crippen molar-refractivity contribution in [2.75, 3.05) is 11.9 Å². The Morgan fingerprint density at radius 3 is 2.76 bits per heavy atom. The van der Waals surface area contributed by atoms with Crippen molar-refractivity contribution in [2.45, 2.75) is 45.1 Å². The predicted octanol–water partition coefficient (Wildman–Crippen LogP) is 4.83. The predicted molar refractivity (Wildman–Crippen MR) is 131 cm³/mol. The molecule has 3 heterocycles.